The summed E-state index contributed by atoms with van der Waals surface area (Å²) in [6.07, 6.45) is 5.73. The van der Waals surface area contributed by atoms with E-state index in [1.54, 1.807) is 6.20 Å². The maximum absolute atomic E-state index is 12.8. The quantitative estimate of drug-likeness (QED) is 0.213. The topological polar surface area (TPSA) is 179 Å². The molecule has 0 saturated heterocycles. The largest absolute Gasteiger partial charge is 0.480 e. The minimum absolute atomic E-state index is 0.0851. The Bertz CT molecular complexity index is 758. The molecule has 1 heterocycles. The Labute approximate surface area is 192 Å². The Balaban J connectivity index is 2.72. The van der Waals surface area contributed by atoms with E-state index in [4.69, 9.17) is 5.73 Å². The molecule has 0 fully saturated rings. The van der Waals surface area contributed by atoms with Crippen molar-refractivity contribution >= 4 is 35.5 Å². The lowest BCUT2D eigenvalue weighted by molar-refractivity contribution is -0.142. The van der Waals surface area contributed by atoms with Crippen molar-refractivity contribution in [2.45, 2.75) is 64.2 Å². The van der Waals surface area contributed by atoms with Gasteiger partial charge in [-0.25, -0.2) is 9.78 Å². The molecule has 0 radical (unpaired) electrons. The smallest absolute Gasteiger partial charge is 0.326 e. The fraction of sp³-hybridized carbons (Fsp3) is 0.650. The van der Waals surface area contributed by atoms with E-state index in [0.29, 0.717) is 17.9 Å². The highest BCUT2D eigenvalue weighted by molar-refractivity contribution is 7.98. The van der Waals surface area contributed by atoms with Gasteiger partial charge in [0.2, 0.25) is 17.7 Å². The molecule has 4 atom stereocenters. The molecule has 0 aromatic carbocycles. The number of thioether (sulfide) groups is 1. The molecular weight excluding hydrogens is 436 g/mol. The lowest BCUT2D eigenvalue weighted by Gasteiger charge is -2.24. The second-order valence-electron chi connectivity index (χ2n) is 7.99. The Morgan fingerprint density at radius 2 is 1.75 bits per heavy atom. The standard InChI is InChI=1S/C20H34N6O5S/c1-11(2)7-16(26-18(28)14(21)8-13-9-22-10-23-13)19(29)24-12(3)17(27)25-15(20(30)31)5-6-32-4/h9-12,14-16H,5-8,21H2,1-4H3,(H,22,23)(H,24,29)(H,25,27)(H,26,28)(H,30,31). The number of hydrogen-bond acceptors (Lipinski definition) is 7. The number of nitrogens with two attached hydrogens (primary N) is 1. The van der Waals surface area contributed by atoms with E-state index in [1.165, 1.54) is 25.0 Å². The molecule has 1 aromatic rings. The Kier molecular flexibility index (Phi) is 11.8. The van der Waals surface area contributed by atoms with Crippen molar-refractivity contribution in [2.75, 3.05) is 12.0 Å². The summed E-state index contributed by atoms with van der Waals surface area (Å²) < 4.78 is 0. The Hall–Kier alpha value is -2.60. The summed E-state index contributed by atoms with van der Waals surface area (Å²) >= 11 is 1.47. The van der Waals surface area contributed by atoms with E-state index in [0.717, 1.165) is 0 Å². The number of carbonyl (C=O) groups is 4. The molecule has 180 valence electrons. The lowest BCUT2D eigenvalue weighted by atomic mass is 10.0. The van der Waals surface area contributed by atoms with E-state index < -0.39 is 47.9 Å². The lowest BCUT2D eigenvalue weighted by Crippen LogP contribution is -2.56. The number of rotatable bonds is 14. The van der Waals surface area contributed by atoms with E-state index in [2.05, 4.69) is 25.9 Å². The number of imidazole rings is 1. The molecule has 1 rings (SSSR count). The average Bonchev–Trinajstić information content (AvgIpc) is 3.22. The summed E-state index contributed by atoms with van der Waals surface area (Å²) in [5.41, 5.74) is 6.64. The highest BCUT2D eigenvalue weighted by atomic mass is 32.2. The van der Waals surface area contributed by atoms with Crippen LogP contribution in [-0.4, -0.2) is 74.9 Å². The van der Waals surface area contributed by atoms with Gasteiger partial charge in [0.15, 0.2) is 0 Å². The predicted molar refractivity (Wildman–Crippen MR) is 122 cm³/mol. The molecule has 0 spiro atoms. The van der Waals surface area contributed by atoms with E-state index in [1.807, 2.05) is 20.1 Å². The monoisotopic (exact) mass is 470 g/mol. The summed E-state index contributed by atoms with van der Waals surface area (Å²) in [4.78, 5) is 55.8. The maximum atomic E-state index is 12.8. The molecular formula is C20H34N6O5S. The highest BCUT2D eigenvalue weighted by Gasteiger charge is 2.28. The first-order valence-corrected chi connectivity index (χ1v) is 11.8. The molecule has 12 heteroatoms. The van der Waals surface area contributed by atoms with Gasteiger partial charge < -0.3 is 31.8 Å². The molecule has 7 N–H and O–H groups in total. The zero-order valence-electron chi connectivity index (χ0n) is 18.9. The third kappa shape index (κ3) is 9.69. The molecule has 0 aliphatic carbocycles. The Morgan fingerprint density at radius 3 is 2.28 bits per heavy atom. The van der Waals surface area contributed by atoms with Crippen molar-refractivity contribution in [1.29, 1.82) is 0 Å². The minimum Gasteiger partial charge on any atom is -0.480 e. The van der Waals surface area contributed by atoms with Crippen LogP contribution in [0.15, 0.2) is 12.5 Å². The van der Waals surface area contributed by atoms with Crippen LogP contribution < -0.4 is 21.7 Å². The summed E-state index contributed by atoms with van der Waals surface area (Å²) in [7, 11) is 0. The van der Waals surface area contributed by atoms with Crippen molar-refractivity contribution in [3.05, 3.63) is 18.2 Å². The van der Waals surface area contributed by atoms with Gasteiger partial charge in [-0.3, -0.25) is 14.4 Å². The second-order valence-corrected chi connectivity index (χ2v) is 8.97. The zero-order valence-corrected chi connectivity index (χ0v) is 19.7. The average molecular weight is 471 g/mol. The molecule has 0 aliphatic heterocycles. The van der Waals surface area contributed by atoms with Crippen LogP contribution in [0.25, 0.3) is 0 Å². The number of nitrogens with one attached hydrogen (secondary N) is 4. The molecule has 32 heavy (non-hydrogen) atoms. The summed E-state index contributed by atoms with van der Waals surface area (Å²) in [5.74, 6) is -2.14. The number of aliphatic carboxylic acids is 1. The minimum atomic E-state index is -1.14. The molecule has 1 aromatic heterocycles. The molecule has 4 unspecified atom stereocenters. The fourth-order valence-electron chi connectivity index (χ4n) is 2.88. The van der Waals surface area contributed by atoms with Gasteiger partial charge in [0.25, 0.3) is 0 Å². The van der Waals surface area contributed by atoms with Crippen LogP contribution in [0.4, 0.5) is 0 Å². The van der Waals surface area contributed by atoms with Gasteiger partial charge in [0.05, 0.1) is 12.4 Å². The number of H-pyrrole nitrogens is 1. The van der Waals surface area contributed by atoms with Gasteiger partial charge in [-0.05, 0) is 37.7 Å². The molecule has 3 amide bonds. The Morgan fingerprint density at radius 1 is 1.09 bits per heavy atom. The van der Waals surface area contributed by atoms with Gasteiger partial charge in [0, 0.05) is 18.3 Å². The summed E-state index contributed by atoms with van der Waals surface area (Å²) in [6, 6.07) is -3.80. The van der Waals surface area contributed by atoms with Gasteiger partial charge in [-0.2, -0.15) is 11.8 Å². The van der Waals surface area contributed by atoms with Crippen LogP contribution in [0.5, 0.6) is 0 Å². The van der Waals surface area contributed by atoms with Crippen molar-refractivity contribution in [3.63, 3.8) is 0 Å². The number of carboxylic acid groups (broad SMARTS) is 1. The first kappa shape index (κ1) is 27.4. The van der Waals surface area contributed by atoms with Crippen LogP contribution in [0.2, 0.25) is 0 Å². The second kappa shape index (κ2) is 13.7. The van der Waals surface area contributed by atoms with Crippen LogP contribution >= 0.6 is 11.8 Å². The number of carbonyl (C=O) groups excluding carboxylic acids is 3. The highest BCUT2D eigenvalue weighted by Crippen LogP contribution is 2.07. The maximum Gasteiger partial charge on any atom is 0.326 e. The fourth-order valence-corrected chi connectivity index (χ4v) is 3.35. The van der Waals surface area contributed by atoms with E-state index in [-0.39, 0.29) is 18.8 Å². The van der Waals surface area contributed by atoms with Crippen LogP contribution in [0, 0.1) is 5.92 Å². The summed E-state index contributed by atoms with van der Waals surface area (Å²) in [5, 5.41) is 16.9. The van der Waals surface area contributed by atoms with Crippen LogP contribution in [0.1, 0.15) is 39.3 Å². The van der Waals surface area contributed by atoms with Crippen molar-refractivity contribution in [2.24, 2.45) is 11.7 Å². The third-order valence-corrected chi connectivity index (χ3v) is 5.29. The van der Waals surface area contributed by atoms with E-state index in [9.17, 15) is 24.3 Å². The van der Waals surface area contributed by atoms with Crippen molar-refractivity contribution < 1.29 is 24.3 Å². The number of hydrogen-bond donors (Lipinski definition) is 6. The van der Waals surface area contributed by atoms with Gasteiger partial charge in [0.1, 0.15) is 18.1 Å². The molecule has 0 aliphatic rings. The van der Waals surface area contributed by atoms with Crippen LogP contribution in [0.3, 0.4) is 0 Å². The first-order valence-electron chi connectivity index (χ1n) is 10.4. The number of carboxylic acids is 1. The zero-order chi connectivity index (χ0) is 24.3. The van der Waals surface area contributed by atoms with E-state index >= 15 is 0 Å². The number of nitrogens with zero attached hydrogens (tertiary/aromatic N) is 1. The van der Waals surface area contributed by atoms with Gasteiger partial charge in [-0.1, -0.05) is 13.8 Å². The molecule has 0 bridgehead atoms. The SMILES string of the molecule is CSCCC(NC(=O)C(C)NC(=O)C(CC(C)C)NC(=O)C(N)Cc1cnc[nH]1)C(=O)O. The normalized spacial score (nSPS) is 14.8. The van der Waals surface area contributed by atoms with Crippen molar-refractivity contribution in [1.82, 2.24) is 25.9 Å². The number of aromatic nitrogens is 2. The third-order valence-electron chi connectivity index (χ3n) is 4.65. The number of amides is 3. The van der Waals surface area contributed by atoms with Gasteiger partial charge in [-0.15, -0.1) is 0 Å². The predicted octanol–water partition coefficient (Wildman–Crippen LogP) is -0.362. The van der Waals surface area contributed by atoms with Gasteiger partial charge >= 0.3 is 5.97 Å². The van der Waals surface area contributed by atoms with Crippen LogP contribution in [-0.2, 0) is 25.6 Å². The molecule has 0 saturated carbocycles. The molecule has 11 nitrogen and oxygen atoms in total. The summed E-state index contributed by atoms with van der Waals surface area (Å²) in [6.45, 7) is 5.26. The first-order chi connectivity index (χ1) is 15.0. The number of aromatic amines is 1. The van der Waals surface area contributed by atoms with Crippen molar-refractivity contribution in [3.8, 4) is 0 Å².